The highest BCUT2D eigenvalue weighted by Crippen LogP contribution is 2.08. The van der Waals surface area contributed by atoms with Gasteiger partial charge in [-0.1, -0.05) is 6.42 Å². The van der Waals surface area contributed by atoms with E-state index in [1.54, 1.807) is 0 Å². The first-order valence-electron chi connectivity index (χ1n) is 4.22. The molecule has 1 rings (SSSR count). The normalized spacial score (nSPS) is 26.7. The third-order valence-corrected chi connectivity index (χ3v) is 2.11. The molecule has 0 aromatic heterocycles. The molecule has 0 spiro atoms. The lowest BCUT2D eigenvalue weighted by atomic mass is 10.0. The quantitative estimate of drug-likeness (QED) is 0.617. The molecule has 1 radical (unpaired) electrons. The average Bonchev–Trinajstić information content (AvgIpc) is 2.03. The van der Waals surface area contributed by atoms with Crippen molar-refractivity contribution in [2.24, 2.45) is 0 Å². The van der Waals surface area contributed by atoms with Crippen LogP contribution in [-0.4, -0.2) is 26.2 Å². The Balaban J connectivity index is 2.02. The Kier molecular flexibility index (Phi) is 3.76. The molecule has 2 nitrogen and oxygen atoms in total. The average molecular weight is 141 g/mol. The lowest BCUT2D eigenvalue weighted by Crippen LogP contribution is -2.35. The molecular formula is C8H17N2. The number of nitrogens with one attached hydrogen (secondary N) is 1. The highest BCUT2D eigenvalue weighted by molar-refractivity contribution is 4.72. The third-order valence-electron chi connectivity index (χ3n) is 2.11. The molecule has 0 saturated carbocycles. The summed E-state index contributed by atoms with van der Waals surface area (Å²) in [7, 11) is 1.89. The zero-order valence-corrected chi connectivity index (χ0v) is 6.77. The van der Waals surface area contributed by atoms with Gasteiger partial charge in [-0.15, -0.1) is 0 Å². The lowest BCUT2D eigenvalue weighted by Gasteiger charge is -2.22. The summed E-state index contributed by atoms with van der Waals surface area (Å²) in [5, 5.41) is 7.58. The van der Waals surface area contributed by atoms with Gasteiger partial charge in [0.25, 0.3) is 0 Å². The second kappa shape index (κ2) is 4.69. The largest absolute Gasteiger partial charge is 0.314 e. The summed E-state index contributed by atoms with van der Waals surface area (Å²) in [4.78, 5) is 0. The summed E-state index contributed by atoms with van der Waals surface area (Å²) in [6.07, 6.45) is 5.35. The van der Waals surface area contributed by atoms with Crippen LogP contribution in [0.4, 0.5) is 0 Å². The summed E-state index contributed by atoms with van der Waals surface area (Å²) in [6.45, 7) is 2.24. The van der Waals surface area contributed by atoms with Crippen molar-refractivity contribution >= 4 is 0 Å². The Morgan fingerprint density at radius 2 is 2.40 bits per heavy atom. The third kappa shape index (κ3) is 2.67. The Bertz CT molecular complexity index is 77.3. The second-order valence-corrected chi connectivity index (χ2v) is 2.98. The molecule has 10 heavy (non-hydrogen) atoms. The van der Waals surface area contributed by atoms with Gasteiger partial charge in [0.05, 0.1) is 0 Å². The van der Waals surface area contributed by atoms with Crippen LogP contribution < -0.4 is 10.6 Å². The Morgan fingerprint density at radius 3 is 3.00 bits per heavy atom. The van der Waals surface area contributed by atoms with E-state index >= 15 is 0 Å². The minimum Gasteiger partial charge on any atom is -0.314 e. The maximum Gasteiger partial charge on any atom is 0.0144 e. The van der Waals surface area contributed by atoms with E-state index in [1.165, 1.54) is 32.2 Å². The number of piperidine rings is 1. The van der Waals surface area contributed by atoms with Gasteiger partial charge >= 0.3 is 0 Å². The van der Waals surface area contributed by atoms with Gasteiger partial charge in [0, 0.05) is 19.6 Å². The first kappa shape index (κ1) is 8.02. The Hall–Kier alpha value is -0.0800. The van der Waals surface area contributed by atoms with Crippen LogP contribution in [-0.2, 0) is 0 Å². The first-order valence-corrected chi connectivity index (χ1v) is 4.22. The molecule has 59 valence electrons. The highest BCUT2D eigenvalue weighted by Gasteiger charge is 2.10. The standard InChI is InChI=1S/C8H17N2/c1-9-7-5-8-4-2-3-6-10-8/h8,10H,2-7H2,1H3. The van der Waals surface area contributed by atoms with Crippen LogP contribution in [0.15, 0.2) is 0 Å². The van der Waals surface area contributed by atoms with Gasteiger partial charge in [0.1, 0.15) is 0 Å². The summed E-state index contributed by atoms with van der Waals surface area (Å²) >= 11 is 0. The van der Waals surface area contributed by atoms with E-state index in [1.807, 2.05) is 7.05 Å². The molecule has 1 atom stereocenters. The van der Waals surface area contributed by atoms with Gasteiger partial charge in [-0.2, -0.15) is 0 Å². The zero-order chi connectivity index (χ0) is 7.23. The van der Waals surface area contributed by atoms with Crippen LogP contribution in [0.25, 0.3) is 0 Å². The summed E-state index contributed by atoms with van der Waals surface area (Å²) in [5.74, 6) is 0. The monoisotopic (exact) mass is 141 g/mol. The molecule has 1 aliphatic heterocycles. The number of nitrogens with zero attached hydrogens (tertiary/aromatic N) is 1. The molecule has 0 amide bonds. The fourth-order valence-corrected chi connectivity index (χ4v) is 1.46. The molecule has 1 unspecified atom stereocenters. The number of hydrogen-bond acceptors (Lipinski definition) is 1. The van der Waals surface area contributed by atoms with Crippen LogP contribution in [0.5, 0.6) is 0 Å². The van der Waals surface area contributed by atoms with E-state index in [9.17, 15) is 0 Å². The van der Waals surface area contributed by atoms with Gasteiger partial charge in [0.15, 0.2) is 0 Å². The second-order valence-electron chi connectivity index (χ2n) is 2.98. The smallest absolute Gasteiger partial charge is 0.0144 e. The van der Waals surface area contributed by atoms with Crippen molar-refractivity contribution in [1.29, 1.82) is 0 Å². The van der Waals surface area contributed by atoms with Crippen molar-refractivity contribution in [3.63, 3.8) is 0 Å². The van der Waals surface area contributed by atoms with E-state index < -0.39 is 0 Å². The fraction of sp³-hybridized carbons (Fsp3) is 1.00. The van der Waals surface area contributed by atoms with E-state index in [2.05, 4.69) is 10.6 Å². The molecule has 0 aromatic carbocycles. The molecule has 1 saturated heterocycles. The van der Waals surface area contributed by atoms with Crippen molar-refractivity contribution in [3.05, 3.63) is 0 Å². The van der Waals surface area contributed by atoms with Gasteiger partial charge in [-0.25, -0.2) is 5.32 Å². The summed E-state index contributed by atoms with van der Waals surface area (Å²) in [6, 6.07) is 0.762. The predicted octanol–water partition coefficient (Wildman–Crippen LogP) is 0.753. The van der Waals surface area contributed by atoms with E-state index in [0.717, 1.165) is 12.6 Å². The molecule has 0 aromatic rings. The maximum atomic E-state index is 4.09. The molecule has 1 heterocycles. The zero-order valence-electron chi connectivity index (χ0n) is 6.77. The van der Waals surface area contributed by atoms with Gasteiger partial charge in [-0.05, 0) is 25.8 Å². The summed E-state index contributed by atoms with van der Waals surface area (Å²) < 4.78 is 0. The Morgan fingerprint density at radius 1 is 1.50 bits per heavy atom. The molecule has 0 aliphatic carbocycles. The maximum absolute atomic E-state index is 4.09. The topological polar surface area (TPSA) is 26.1 Å². The van der Waals surface area contributed by atoms with Crippen molar-refractivity contribution in [1.82, 2.24) is 10.6 Å². The highest BCUT2D eigenvalue weighted by atomic mass is 14.9. The summed E-state index contributed by atoms with van der Waals surface area (Å²) in [5.41, 5.74) is 0. The minimum absolute atomic E-state index is 0.762. The molecule has 2 heteroatoms. The number of rotatable bonds is 3. The SMILES string of the molecule is C[N]CCC1CCCCN1. The van der Waals surface area contributed by atoms with E-state index in [0.29, 0.717) is 0 Å². The molecule has 1 fully saturated rings. The first-order chi connectivity index (χ1) is 4.93. The van der Waals surface area contributed by atoms with Gasteiger partial charge in [0.2, 0.25) is 0 Å². The molecule has 0 bridgehead atoms. The fourth-order valence-electron chi connectivity index (χ4n) is 1.46. The van der Waals surface area contributed by atoms with Crippen LogP contribution in [0.2, 0.25) is 0 Å². The lowest BCUT2D eigenvalue weighted by molar-refractivity contribution is 0.379. The van der Waals surface area contributed by atoms with Crippen LogP contribution >= 0.6 is 0 Å². The number of hydrogen-bond donors (Lipinski definition) is 1. The Labute approximate surface area is 63.4 Å². The minimum atomic E-state index is 0.762. The predicted molar refractivity (Wildman–Crippen MR) is 43.2 cm³/mol. The van der Waals surface area contributed by atoms with Crippen molar-refractivity contribution in [3.8, 4) is 0 Å². The van der Waals surface area contributed by atoms with E-state index in [-0.39, 0.29) is 0 Å². The van der Waals surface area contributed by atoms with E-state index in [4.69, 9.17) is 0 Å². The van der Waals surface area contributed by atoms with Crippen molar-refractivity contribution in [2.45, 2.75) is 31.7 Å². The van der Waals surface area contributed by atoms with Gasteiger partial charge in [-0.3, -0.25) is 0 Å². The van der Waals surface area contributed by atoms with Gasteiger partial charge < -0.3 is 5.32 Å². The van der Waals surface area contributed by atoms with Crippen molar-refractivity contribution < 1.29 is 0 Å². The molecule has 1 N–H and O–H groups in total. The molecule has 1 aliphatic rings. The van der Waals surface area contributed by atoms with Crippen LogP contribution in [0.1, 0.15) is 25.7 Å². The van der Waals surface area contributed by atoms with Crippen LogP contribution in [0, 0.1) is 0 Å². The van der Waals surface area contributed by atoms with Crippen LogP contribution in [0.3, 0.4) is 0 Å². The molecular weight excluding hydrogens is 124 g/mol. The van der Waals surface area contributed by atoms with Crippen molar-refractivity contribution in [2.75, 3.05) is 20.1 Å².